The Balaban J connectivity index is 1.48. The van der Waals surface area contributed by atoms with Gasteiger partial charge in [-0.25, -0.2) is 8.78 Å². The number of likely N-dealkylation sites (tertiary alicyclic amines) is 1. The van der Waals surface area contributed by atoms with E-state index in [4.69, 9.17) is 4.74 Å². The summed E-state index contributed by atoms with van der Waals surface area (Å²) < 4.78 is 34.8. The number of benzene rings is 2. The molecule has 0 bridgehead atoms. The van der Waals surface area contributed by atoms with E-state index in [1.807, 2.05) is 12.1 Å². The van der Waals surface area contributed by atoms with Crippen molar-refractivity contribution < 1.29 is 23.4 Å². The summed E-state index contributed by atoms with van der Waals surface area (Å²) in [4.78, 5) is 16.4. The van der Waals surface area contributed by atoms with E-state index in [9.17, 15) is 18.7 Å². The highest BCUT2D eigenvalue weighted by molar-refractivity contribution is 5.79. The number of rotatable bonds is 5. The van der Waals surface area contributed by atoms with Crippen molar-refractivity contribution in [3.05, 3.63) is 64.7 Å². The van der Waals surface area contributed by atoms with Gasteiger partial charge in [-0.3, -0.25) is 4.79 Å². The second-order valence-electron chi connectivity index (χ2n) is 8.73. The average molecular weight is 430 g/mol. The van der Waals surface area contributed by atoms with Gasteiger partial charge in [-0.2, -0.15) is 0 Å². The number of fused-ring (bicyclic) bond motifs is 2. The molecule has 2 aliphatic rings. The molecular weight excluding hydrogens is 402 g/mol. The van der Waals surface area contributed by atoms with Gasteiger partial charge in [-0.15, -0.1) is 0 Å². The molecule has 1 spiro atoms. The van der Waals surface area contributed by atoms with Crippen LogP contribution in [0.15, 0.2) is 36.4 Å². The van der Waals surface area contributed by atoms with Gasteiger partial charge in [0, 0.05) is 39.3 Å². The maximum absolute atomic E-state index is 14.4. The number of aromatic hydroxyl groups is 1. The van der Waals surface area contributed by atoms with E-state index in [1.165, 1.54) is 16.0 Å². The summed E-state index contributed by atoms with van der Waals surface area (Å²) >= 11 is 0. The minimum absolute atomic E-state index is 0.107. The number of piperidine rings is 1. The second kappa shape index (κ2) is 8.55. The standard InChI is InChI=1S/C24H28F2N2O3/c1-27(2)23(30)17(13-18-20(25)7-8-21(29)22(18)26)14-28-11-9-24(10-12-28)19-6-4-3-5-16(19)15-31-24/h3-8,17,29H,9-15H2,1-2H3. The molecule has 166 valence electrons. The predicted molar refractivity (Wildman–Crippen MR) is 112 cm³/mol. The molecule has 1 N–H and O–H groups in total. The molecule has 1 atom stereocenters. The van der Waals surface area contributed by atoms with E-state index >= 15 is 0 Å². The lowest BCUT2D eigenvalue weighted by Crippen LogP contribution is -2.46. The number of nitrogens with zero attached hydrogens (tertiary/aromatic N) is 2. The molecule has 0 aromatic heterocycles. The summed E-state index contributed by atoms with van der Waals surface area (Å²) in [5.74, 6) is -3.16. The third-order valence-electron chi connectivity index (χ3n) is 6.56. The molecule has 0 aliphatic carbocycles. The van der Waals surface area contributed by atoms with Crippen LogP contribution in [0.1, 0.15) is 29.5 Å². The maximum atomic E-state index is 14.4. The fourth-order valence-corrected chi connectivity index (χ4v) is 4.82. The Morgan fingerprint density at radius 3 is 2.61 bits per heavy atom. The summed E-state index contributed by atoms with van der Waals surface area (Å²) in [5, 5.41) is 9.64. The number of carbonyl (C=O) groups is 1. The smallest absolute Gasteiger partial charge is 0.226 e. The van der Waals surface area contributed by atoms with Gasteiger partial charge in [0.15, 0.2) is 11.6 Å². The Bertz CT molecular complexity index is 971. The summed E-state index contributed by atoms with van der Waals surface area (Å²) in [6, 6.07) is 10.3. The summed E-state index contributed by atoms with van der Waals surface area (Å²) in [6.07, 6.45) is 1.51. The van der Waals surface area contributed by atoms with Crippen LogP contribution in [0.3, 0.4) is 0 Å². The fraction of sp³-hybridized carbons (Fsp3) is 0.458. The van der Waals surface area contributed by atoms with Crippen LogP contribution in [0.25, 0.3) is 0 Å². The molecule has 1 fully saturated rings. The number of ether oxygens (including phenoxy) is 1. The molecule has 2 aromatic rings. The number of carbonyl (C=O) groups excluding carboxylic acids is 1. The molecule has 2 aliphatic heterocycles. The number of hydrogen-bond acceptors (Lipinski definition) is 4. The van der Waals surface area contributed by atoms with Crippen molar-refractivity contribution in [3.63, 3.8) is 0 Å². The summed E-state index contributed by atoms with van der Waals surface area (Å²) in [7, 11) is 3.28. The quantitative estimate of drug-likeness (QED) is 0.790. The summed E-state index contributed by atoms with van der Waals surface area (Å²) in [5.41, 5.74) is 1.95. The number of halogens is 2. The Morgan fingerprint density at radius 1 is 1.19 bits per heavy atom. The van der Waals surface area contributed by atoms with E-state index in [-0.39, 0.29) is 23.5 Å². The minimum Gasteiger partial charge on any atom is -0.505 e. The topological polar surface area (TPSA) is 53.0 Å². The van der Waals surface area contributed by atoms with Crippen LogP contribution >= 0.6 is 0 Å². The maximum Gasteiger partial charge on any atom is 0.226 e. The molecular formula is C24H28F2N2O3. The zero-order valence-electron chi connectivity index (χ0n) is 17.9. The highest BCUT2D eigenvalue weighted by Crippen LogP contribution is 2.44. The molecule has 0 radical (unpaired) electrons. The lowest BCUT2D eigenvalue weighted by atomic mass is 9.83. The number of phenolic OH excluding ortho intramolecular Hbond substituents is 1. The molecule has 31 heavy (non-hydrogen) atoms. The molecule has 2 heterocycles. The zero-order chi connectivity index (χ0) is 22.2. The van der Waals surface area contributed by atoms with E-state index in [2.05, 4.69) is 17.0 Å². The van der Waals surface area contributed by atoms with Crippen molar-refractivity contribution in [1.82, 2.24) is 9.80 Å². The van der Waals surface area contributed by atoms with Crippen LogP contribution in [0, 0.1) is 17.6 Å². The highest BCUT2D eigenvalue weighted by atomic mass is 19.1. The van der Waals surface area contributed by atoms with Crippen LogP contribution in [-0.4, -0.2) is 54.5 Å². The van der Waals surface area contributed by atoms with Gasteiger partial charge < -0.3 is 19.6 Å². The first kappa shape index (κ1) is 21.7. The van der Waals surface area contributed by atoms with E-state index in [0.29, 0.717) is 13.2 Å². The van der Waals surface area contributed by atoms with Crippen LogP contribution in [0.5, 0.6) is 5.75 Å². The Hall–Kier alpha value is -2.51. The Labute approximate surface area is 181 Å². The lowest BCUT2D eigenvalue weighted by Gasteiger charge is -2.40. The Morgan fingerprint density at radius 2 is 1.90 bits per heavy atom. The molecule has 2 aromatic carbocycles. The number of phenols is 1. The van der Waals surface area contributed by atoms with Crippen LogP contribution in [-0.2, 0) is 28.2 Å². The van der Waals surface area contributed by atoms with Crippen LogP contribution in [0.2, 0.25) is 0 Å². The lowest BCUT2D eigenvalue weighted by molar-refractivity contribution is -0.134. The van der Waals surface area contributed by atoms with Gasteiger partial charge in [0.1, 0.15) is 5.82 Å². The second-order valence-corrected chi connectivity index (χ2v) is 8.73. The molecule has 5 nitrogen and oxygen atoms in total. The van der Waals surface area contributed by atoms with E-state index in [1.54, 1.807) is 14.1 Å². The first-order valence-corrected chi connectivity index (χ1v) is 10.6. The van der Waals surface area contributed by atoms with Crippen molar-refractivity contribution in [1.29, 1.82) is 0 Å². The van der Waals surface area contributed by atoms with Crippen molar-refractivity contribution >= 4 is 5.91 Å². The third-order valence-corrected chi connectivity index (χ3v) is 6.56. The van der Waals surface area contributed by atoms with Crippen molar-refractivity contribution in [2.75, 3.05) is 33.7 Å². The van der Waals surface area contributed by atoms with Gasteiger partial charge >= 0.3 is 0 Å². The fourth-order valence-electron chi connectivity index (χ4n) is 4.82. The van der Waals surface area contributed by atoms with Gasteiger partial charge in [0.25, 0.3) is 0 Å². The molecule has 4 rings (SSSR count). The van der Waals surface area contributed by atoms with Gasteiger partial charge in [-0.1, -0.05) is 24.3 Å². The largest absolute Gasteiger partial charge is 0.505 e. The van der Waals surface area contributed by atoms with E-state index in [0.717, 1.165) is 38.1 Å². The Kier molecular flexibility index (Phi) is 5.99. The van der Waals surface area contributed by atoms with Gasteiger partial charge in [0.05, 0.1) is 18.1 Å². The number of hydrogen-bond donors (Lipinski definition) is 1. The van der Waals surface area contributed by atoms with E-state index < -0.39 is 23.3 Å². The molecule has 1 amide bonds. The monoisotopic (exact) mass is 430 g/mol. The number of amides is 1. The SMILES string of the molecule is CN(C)C(=O)C(Cc1c(F)ccc(O)c1F)CN1CCC2(CC1)OCc1ccccc12. The predicted octanol–water partition coefficient (Wildman–Crippen LogP) is 3.44. The molecule has 1 saturated heterocycles. The minimum atomic E-state index is -0.995. The van der Waals surface area contributed by atoms with Crippen molar-refractivity contribution in [2.45, 2.75) is 31.5 Å². The summed E-state index contributed by atoms with van der Waals surface area (Å²) in [6.45, 7) is 2.48. The van der Waals surface area contributed by atoms with Crippen LogP contribution < -0.4 is 0 Å². The van der Waals surface area contributed by atoms with Crippen LogP contribution in [0.4, 0.5) is 8.78 Å². The average Bonchev–Trinajstić information content (AvgIpc) is 3.12. The zero-order valence-corrected chi connectivity index (χ0v) is 17.9. The van der Waals surface area contributed by atoms with Crippen molar-refractivity contribution in [3.8, 4) is 5.75 Å². The van der Waals surface area contributed by atoms with Crippen molar-refractivity contribution in [2.24, 2.45) is 5.92 Å². The molecule has 1 unspecified atom stereocenters. The molecule has 0 saturated carbocycles. The molecule has 7 heteroatoms. The highest BCUT2D eigenvalue weighted by Gasteiger charge is 2.42. The van der Waals surface area contributed by atoms with Gasteiger partial charge in [0.2, 0.25) is 5.91 Å². The third kappa shape index (κ3) is 4.16. The van der Waals surface area contributed by atoms with Gasteiger partial charge in [-0.05, 0) is 42.5 Å². The first-order valence-electron chi connectivity index (χ1n) is 10.6. The normalized spacial score (nSPS) is 18.7. The first-order chi connectivity index (χ1) is 14.8.